The average molecular weight is 446 g/mol. The minimum Gasteiger partial charge on any atom is -0.478 e. The van der Waals surface area contributed by atoms with Gasteiger partial charge in [0.15, 0.2) is 0 Å². The number of aliphatic carboxylic acids is 1. The SMILES string of the molecule is CC(C)c1nc(N(C)S(C)(=O)=O)nc(-c2ccc(F)cc2)c1/C=C/C=C/C=C/C(=O)O. The second-order valence-corrected chi connectivity index (χ2v) is 9.02. The monoisotopic (exact) mass is 445 g/mol. The first-order chi connectivity index (χ1) is 14.5. The molecule has 0 fully saturated rings. The van der Waals surface area contributed by atoms with Gasteiger partial charge < -0.3 is 5.11 Å². The summed E-state index contributed by atoms with van der Waals surface area (Å²) in [6.45, 7) is 3.84. The van der Waals surface area contributed by atoms with Gasteiger partial charge in [-0.15, -0.1) is 0 Å². The summed E-state index contributed by atoms with van der Waals surface area (Å²) in [5.41, 5.74) is 2.32. The topological polar surface area (TPSA) is 100 Å². The van der Waals surface area contributed by atoms with Gasteiger partial charge in [-0.2, -0.15) is 0 Å². The number of carboxylic acid groups (broad SMARTS) is 1. The lowest BCUT2D eigenvalue weighted by Crippen LogP contribution is -2.27. The second-order valence-electron chi connectivity index (χ2n) is 7.00. The summed E-state index contributed by atoms with van der Waals surface area (Å²) in [6.07, 6.45) is 10.1. The van der Waals surface area contributed by atoms with Crippen molar-refractivity contribution in [1.82, 2.24) is 9.97 Å². The van der Waals surface area contributed by atoms with E-state index in [2.05, 4.69) is 9.97 Å². The molecule has 164 valence electrons. The molecule has 9 heteroatoms. The molecule has 1 N–H and O–H groups in total. The van der Waals surface area contributed by atoms with Crippen molar-refractivity contribution >= 4 is 28.0 Å². The predicted octanol–water partition coefficient (Wildman–Crippen LogP) is 4.01. The molecule has 31 heavy (non-hydrogen) atoms. The van der Waals surface area contributed by atoms with Crippen molar-refractivity contribution in [2.45, 2.75) is 19.8 Å². The lowest BCUT2D eigenvalue weighted by Gasteiger charge is -2.20. The van der Waals surface area contributed by atoms with Crippen molar-refractivity contribution in [1.29, 1.82) is 0 Å². The molecular formula is C22H24FN3O4S. The molecule has 0 unspecified atom stereocenters. The van der Waals surface area contributed by atoms with Gasteiger partial charge in [0.25, 0.3) is 0 Å². The van der Waals surface area contributed by atoms with Gasteiger partial charge in [-0.3, -0.25) is 0 Å². The smallest absolute Gasteiger partial charge is 0.328 e. The van der Waals surface area contributed by atoms with E-state index in [1.165, 1.54) is 25.3 Å². The molecule has 0 bridgehead atoms. The molecule has 1 heterocycles. The lowest BCUT2D eigenvalue weighted by atomic mass is 9.98. The van der Waals surface area contributed by atoms with Gasteiger partial charge in [0.2, 0.25) is 16.0 Å². The Bertz CT molecular complexity index is 1140. The summed E-state index contributed by atoms with van der Waals surface area (Å²) in [5, 5.41) is 8.63. The fourth-order valence-corrected chi connectivity index (χ4v) is 2.99. The minimum atomic E-state index is -3.59. The van der Waals surface area contributed by atoms with Crippen LogP contribution in [0.1, 0.15) is 31.0 Å². The van der Waals surface area contributed by atoms with Crippen molar-refractivity contribution in [3.8, 4) is 11.3 Å². The number of hydrogen-bond donors (Lipinski definition) is 1. The zero-order valence-corrected chi connectivity index (χ0v) is 18.5. The summed E-state index contributed by atoms with van der Waals surface area (Å²) in [4.78, 5) is 19.5. The Balaban J connectivity index is 2.67. The highest BCUT2D eigenvalue weighted by molar-refractivity contribution is 7.92. The van der Waals surface area contributed by atoms with Crippen LogP contribution >= 0.6 is 0 Å². The van der Waals surface area contributed by atoms with E-state index in [1.54, 1.807) is 36.4 Å². The third kappa shape index (κ3) is 6.58. The molecule has 0 saturated carbocycles. The summed E-state index contributed by atoms with van der Waals surface area (Å²) in [5.74, 6) is -1.50. The van der Waals surface area contributed by atoms with Crippen molar-refractivity contribution in [2.24, 2.45) is 0 Å². The van der Waals surface area contributed by atoms with E-state index in [9.17, 15) is 17.6 Å². The highest BCUT2D eigenvalue weighted by Gasteiger charge is 2.21. The molecule has 0 saturated heterocycles. The van der Waals surface area contributed by atoms with E-state index in [0.717, 1.165) is 16.6 Å². The van der Waals surface area contributed by atoms with Gasteiger partial charge in [-0.1, -0.05) is 44.2 Å². The van der Waals surface area contributed by atoms with Crippen LogP contribution < -0.4 is 4.31 Å². The Morgan fingerprint density at radius 2 is 1.71 bits per heavy atom. The number of sulfonamides is 1. The molecule has 0 aliphatic carbocycles. The number of rotatable bonds is 8. The molecule has 0 aliphatic rings. The maximum atomic E-state index is 13.5. The second kappa shape index (κ2) is 10.1. The van der Waals surface area contributed by atoms with Crippen LogP contribution in [0.25, 0.3) is 17.3 Å². The molecule has 0 aliphatic heterocycles. The van der Waals surface area contributed by atoms with Crippen molar-refractivity contribution in [3.63, 3.8) is 0 Å². The van der Waals surface area contributed by atoms with Gasteiger partial charge in [0.1, 0.15) is 5.82 Å². The Labute approximate surface area is 181 Å². The van der Waals surface area contributed by atoms with E-state index in [-0.39, 0.29) is 11.9 Å². The lowest BCUT2D eigenvalue weighted by molar-refractivity contribution is -0.131. The molecule has 1 aromatic carbocycles. The molecular weight excluding hydrogens is 421 g/mol. The number of carboxylic acids is 1. The van der Waals surface area contributed by atoms with Gasteiger partial charge in [0, 0.05) is 24.3 Å². The summed E-state index contributed by atoms with van der Waals surface area (Å²) >= 11 is 0. The highest BCUT2D eigenvalue weighted by atomic mass is 32.2. The third-order valence-electron chi connectivity index (χ3n) is 4.24. The first kappa shape index (κ1) is 23.9. The highest BCUT2D eigenvalue weighted by Crippen LogP contribution is 2.31. The maximum Gasteiger partial charge on any atom is 0.328 e. The van der Waals surface area contributed by atoms with Gasteiger partial charge >= 0.3 is 5.97 Å². The summed E-state index contributed by atoms with van der Waals surface area (Å²) in [6, 6.07) is 5.73. The van der Waals surface area contributed by atoms with Crippen LogP contribution in [0.5, 0.6) is 0 Å². The molecule has 0 atom stereocenters. The fraction of sp³-hybridized carbons (Fsp3) is 0.227. The quantitative estimate of drug-likeness (QED) is 0.487. The van der Waals surface area contributed by atoms with E-state index in [4.69, 9.17) is 5.11 Å². The van der Waals surface area contributed by atoms with Gasteiger partial charge in [-0.25, -0.2) is 31.9 Å². The molecule has 2 rings (SSSR count). The van der Waals surface area contributed by atoms with Crippen molar-refractivity contribution < 1.29 is 22.7 Å². The molecule has 0 radical (unpaired) electrons. The molecule has 2 aromatic rings. The van der Waals surface area contributed by atoms with Crippen LogP contribution in [0.15, 0.2) is 54.6 Å². The fourth-order valence-electron chi connectivity index (χ4n) is 2.61. The number of aromatic nitrogens is 2. The first-order valence-electron chi connectivity index (χ1n) is 9.36. The van der Waals surface area contributed by atoms with Crippen LogP contribution in [0.2, 0.25) is 0 Å². The van der Waals surface area contributed by atoms with Crippen LogP contribution in [-0.2, 0) is 14.8 Å². The number of carbonyl (C=O) groups is 1. The minimum absolute atomic E-state index is 0.0163. The average Bonchev–Trinajstić information content (AvgIpc) is 2.69. The molecule has 0 amide bonds. The Morgan fingerprint density at radius 3 is 2.26 bits per heavy atom. The zero-order valence-electron chi connectivity index (χ0n) is 17.7. The van der Waals surface area contributed by atoms with Crippen LogP contribution in [0.3, 0.4) is 0 Å². The standard InChI is InChI=1S/C22H24FN3O4S/c1-15(2)20-18(9-7-5-6-8-10-19(27)28)21(16-11-13-17(23)14-12-16)25-22(24-20)26(3)31(4,29)30/h5-15H,1-4H3,(H,27,28)/b6-5+,9-7+,10-8+. The normalized spacial score (nSPS) is 12.5. The molecule has 7 nitrogen and oxygen atoms in total. The van der Waals surface area contributed by atoms with E-state index in [1.807, 2.05) is 13.8 Å². The summed E-state index contributed by atoms with van der Waals surface area (Å²) < 4.78 is 38.5. The maximum absolute atomic E-state index is 13.5. The van der Waals surface area contributed by atoms with Crippen LogP contribution in [0.4, 0.5) is 10.3 Å². The number of allylic oxidation sites excluding steroid dienone is 4. The number of nitrogens with zero attached hydrogens (tertiary/aromatic N) is 3. The van der Waals surface area contributed by atoms with Crippen LogP contribution in [0, 0.1) is 5.82 Å². The zero-order chi connectivity index (χ0) is 23.2. The van der Waals surface area contributed by atoms with E-state index < -0.39 is 21.8 Å². The predicted molar refractivity (Wildman–Crippen MR) is 120 cm³/mol. The third-order valence-corrected chi connectivity index (χ3v) is 5.40. The number of halogens is 1. The largest absolute Gasteiger partial charge is 0.478 e. The number of hydrogen-bond acceptors (Lipinski definition) is 5. The molecule has 0 spiro atoms. The van der Waals surface area contributed by atoms with Gasteiger partial charge in [-0.05, 0) is 30.2 Å². The Hall–Kier alpha value is -3.33. The van der Waals surface area contributed by atoms with E-state index in [0.29, 0.717) is 22.5 Å². The summed E-state index contributed by atoms with van der Waals surface area (Å²) in [7, 11) is -2.22. The van der Waals surface area contributed by atoms with Crippen molar-refractivity contribution in [2.75, 3.05) is 17.6 Å². The Morgan fingerprint density at radius 1 is 1.10 bits per heavy atom. The Kier molecular flexibility index (Phi) is 7.82. The number of benzene rings is 1. The van der Waals surface area contributed by atoms with Crippen LogP contribution in [-0.4, -0.2) is 42.8 Å². The molecule has 1 aromatic heterocycles. The van der Waals surface area contributed by atoms with Gasteiger partial charge in [0.05, 0.1) is 17.6 Å². The van der Waals surface area contributed by atoms with E-state index >= 15 is 0 Å². The first-order valence-corrected chi connectivity index (χ1v) is 11.2. The number of anilines is 1. The van der Waals surface area contributed by atoms with Crippen molar-refractivity contribution in [3.05, 3.63) is 71.7 Å².